The molecule has 1 aromatic carbocycles. The lowest BCUT2D eigenvalue weighted by Crippen LogP contribution is -2.32. The minimum Gasteiger partial charge on any atom is -0.481 e. The maximum Gasteiger partial charge on any atom is 0.311 e. The molecule has 1 N–H and O–H groups in total. The summed E-state index contributed by atoms with van der Waals surface area (Å²) < 4.78 is 0. The molecule has 1 saturated heterocycles. The average molecular weight is 284 g/mol. The molecule has 2 aromatic rings. The summed E-state index contributed by atoms with van der Waals surface area (Å²) in [5, 5.41) is 10.5. The van der Waals surface area contributed by atoms with Gasteiger partial charge in [0.1, 0.15) is 0 Å². The van der Waals surface area contributed by atoms with E-state index in [2.05, 4.69) is 28.9 Å². The lowest BCUT2D eigenvalue weighted by molar-refractivity contribution is -0.146. The largest absolute Gasteiger partial charge is 0.481 e. The van der Waals surface area contributed by atoms with E-state index in [1.54, 1.807) is 0 Å². The molecule has 4 nitrogen and oxygen atoms in total. The Hall–Kier alpha value is -2.10. The zero-order chi connectivity index (χ0) is 15.2. The molecule has 0 amide bonds. The standard InChI is InChI=1S/C17H20N2O2/c1-11-5-4-6-13-14(11)18-9-12(2)15(13)19-8-7-17(3,10-19)16(20)21/h4-6,9H,7-8,10H2,1-3H3,(H,20,21). The zero-order valence-electron chi connectivity index (χ0n) is 12.7. The summed E-state index contributed by atoms with van der Waals surface area (Å²) in [5.74, 6) is -0.711. The van der Waals surface area contributed by atoms with E-state index in [9.17, 15) is 9.90 Å². The Morgan fingerprint density at radius 2 is 2.10 bits per heavy atom. The number of nitrogens with zero attached hydrogens (tertiary/aromatic N) is 2. The van der Waals surface area contributed by atoms with Crippen LogP contribution in [0.2, 0.25) is 0 Å². The fourth-order valence-electron chi connectivity index (χ4n) is 3.20. The molecule has 110 valence electrons. The van der Waals surface area contributed by atoms with Crippen molar-refractivity contribution in [3.05, 3.63) is 35.5 Å². The predicted octanol–water partition coefficient (Wildman–Crippen LogP) is 3.15. The van der Waals surface area contributed by atoms with E-state index < -0.39 is 11.4 Å². The minimum atomic E-state index is -0.711. The second-order valence-electron chi connectivity index (χ2n) is 6.30. The molecule has 0 radical (unpaired) electrons. The maximum atomic E-state index is 11.5. The van der Waals surface area contributed by atoms with Crippen LogP contribution in [0.3, 0.4) is 0 Å². The van der Waals surface area contributed by atoms with E-state index in [1.165, 1.54) is 0 Å². The second kappa shape index (κ2) is 4.72. The molecular weight excluding hydrogens is 264 g/mol. The molecule has 1 unspecified atom stereocenters. The minimum absolute atomic E-state index is 0.552. The van der Waals surface area contributed by atoms with Crippen molar-refractivity contribution in [3.63, 3.8) is 0 Å². The van der Waals surface area contributed by atoms with Crippen LogP contribution in [0, 0.1) is 19.3 Å². The van der Waals surface area contributed by atoms with Crippen molar-refractivity contribution in [2.75, 3.05) is 18.0 Å². The van der Waals surface area contributed by atoms with Crippen LogP contribution in [0.15, 0.2) is 24.4 Å². The van der Waals surface area contributed by atoms with Crippen molar-refractivity contribution >= 4 is 22.6 Å². The van der Waals surface area contributed by atoms with Gasteiger partial charge >= 0.3 is 5.97 Å². The van der Waals surface area contributed by atoms with E-state index in [0.29, 0.717) is 13.0 Å². The third-order valence-corrected chi connectivity index (χ3v) is 4.56. The highest BCUT2D eigenvalue weighted by Gasteiger charge is 2.41. The van der Waals surface area contributed by atoms with Gasteiger partial charge in [0.15, 0.2) is 0 Å². The van der Waals surface area contributed by atoms with Crippen molar-refractivity contribution in [3.8, 4) is 0 Å². The van der Waals surface area contributed by atoms with E-state index in [4.69, 9.17) is 0 Å². The van der Waals surface area contributed by atoms with E-state index in [0.717, 1.165) is 34.3 Å². The molecule has 2 heterocycles. The Bertz CT molecular complexity index is 726. The summed E-state index contributed by atoms with van der Waals surface area (Å²) in [5.41, 5.74) is 3.72. The summed E-state index contributed by atoms with van der Waals surface area (Å²) in [7, 11) is 0. The number of rotatable bonds is 2. The molecular formula is C17H20N2O2. The first kappa shape index (κ1) is 13.9. The maximum absolute atomic E-state index is 11.5. The highest BCUT2D eigenvalue weighted by molar-refractivity contribution is 5.95. The molecule has 0 spiro atoms. The van der Waals surface area contributed by atoms with Crippen molar-refractivity contribution in [2.45, 2.75) is 27.2 Å². The third kappa shape index (κ3) is 2.15. The Labute approximate surface area is 124 Å². The highest BCUT2D eigenvalue weighted by Crippen LogP contribution is 2.38. The van der Waals surface area contributed by atoms with Crippen LogP contribution in [0.4, 0.5) is 5.69 Å². The average Bonchev–Trinajstić information content (AvgIpc) is 2.82. The van der Waals surface area contributed by atoms with Gasteiger partial charge in [-0.2, -0.15) is 0 Å². The normalized spacial score (nSPS) is 22.0. The Kier molecular flexibility index (Phi) is 3.12. The van der Waals surface area contributed by atoms with Crippen LogP contribution < -0.4 is 4.90 Å². The molecule has 1 aromatic heterocycles. The lowest BCUT2D eigenvalue weighted by atomic mass is 9.90. The first-order valence-corrected chi connectivity index (χ1v) is 7.26. The van der Waals surface area contributed by atoms with Gasteiger partial charge in [-0.1, -0.05) is 18.2 Å². The van der Waals surface area contributed by atoms with E-state index >= 15 is 0 Å². The number of carboxylic acids is 1. The number of aliphatic carboxylic acids is 1. The van der Waals surface area contributed by atoms with Crippen LogP contribution in [-0.4, -0.2) is 29.1 Å². The summed E-state index contributed by atoms with van der Waals surface area (Å²) in [6.07, 6.45) is 2.57. The number of benzene rings is 1. The number of aryl methyl sites for hydroxylation is 2. The second-order valence-corrected chi connectivity index (χ2v) is 6.30. The smallest absolute Gasteiger partial charge is 0.311 e. The van der Waals surface area contributed by atoms with Gasteiger partial charge in [0.2, 0.25) is 0 Å². The Balaban J connectivity index is 2.11. The summed E-state index contributed by atoms with van der Waals surface area (Å²) >= 11 is 0. The first-order chi connectivity index (χ1) is 9.92. The SMILES string of the molecule is Cc1cnc2c(C)cccc2c1N1CCC(C)(C(=O)O)C1. The molecule has 1 aliphatic heterocycles. The van der Waals surface area contributed by atoms with Gasteiger partial charge in [0.05, 0.1) is 16.6 Å². The van der Waals surface area contributed by atoms with Crippen LogP contribution in [-0.2, 0) is 4.79 Å². The Morgan fingerprint density at radius 1 is 1.33 bits per heavy atom. The van der Waals surface area contributed by atoms with Gasteiger partial charge < -0.3 is 10.0 Å². The number of anilines is 1. The van der Waals surface area contributed by atoms with Gasteiger partial charge in [0, 0.05) is 24.7 Å². The van der Waals surface area contributed by atoms with E-state index in [-0.39, 0.29) is 0 Å². The van der Waals surface area contributed by atoms with Crippen LogP contribution >= 0.6 is 0 Å². The fraction of sp³-hybridized carbons (Fsp3) is 0.412. The monoisotopic (exact) mass is 284 g/mol. The van der Waals surface area contributed by atoms with Gasteiger partial charge in [-0.05, 0) is 38.3 Å². The van der Waals surface area contributed by atoms with Crippen LogP contribution in [0.5, 0.6) is 0 Å². The summed E-state index contributed by atoms with van der Waals surface area (Å²) in [4.78, 5) is 18.2. The molecule has 4 heteroatoms. The summed E-state index contributed by atoms with van der Waals surface area (Å²) in [6.45, 7) is 7.26. The van der Waals surface area contributed by atoms with E-state index in [1.807, 2.05) is 26.1 Å². The molecule has 1 aliphatic rings. The van der Waals surface area contributed by atoms with Crippen LogP contribution in [0.1, 0.15) is 24.5 Å². The van der Waals surface area contributed by atoms with Gasteiger partial charge in [-0.3, -0.25) is 9.78 Å². The molecule has 1 atom stereocenters. The van der Waals surface area contributed by atoms with Gasteiger partial charge in [-0.25, -0.2) is 0 Å². The topological polar surface area (TPSA) is 53.4 Å². The molecule has 21 heavy (non-hydrogen) atoms. The van der Waals surface area contributed by atoms with Gasteiger partial charge in [-0.15, -0.1) is 0 Å². The first-order valence-electron chi connectivity index (χ1n) is 7.26. The van der Waals surface area contributed by atoms with Crippen LogP contribution in [0.25, 0.3) is 10.9 Å². The number of fused-ring (bicyclic) bond motifs is 1. The molecule has 1 fully saturated rings. The summed E-state index contributed by atoms with van der Waals surface area (Å²) in [6, 6.07) is 6.17. The fourth-order valence-corrected chi connectivity index (χ4v) is 3.20. The van der Waals surface area contributed by atoms with Crippen molar-refractivity contribution in [1.82, 2.24) is 4.98 Å². The quantitative estimate of drug-likeness (QED) is 0.920. The number of pyridine rings is 1. The van der Waals surface area contributed by atoms with Crippen molar-refractivity contribution in [1.29, 1.82) is 0 Å². The predicted molar refractivity (Wildman–Crippen MR) is 83.8 cm³/mol. The number of para-hydroxylation sites is 1. The number of aromatic nitrogens is 1. The molecule has 3 rings (SSSR count). The number of carboxylic acid groups (broad SMARTS) is 1. The van der Waals surface area contributed by atoms with Gasteiger partial charge in [0.25, 0.3) is 0 Å². The third-order valence-electron chi connectivity index (χ3n) is 4.56. The molecule has 0 saturated carbocycles. The number of carbonyl (C=O) groups is 1. The number of hydrogen-bond donors (Lipinski definition) is 1. The number of hydrogen-bond acceptors (Lipinski definition) is 3. The zero-order valence-corrected chi connectivity index (χ0v) is 12.7. The van der Waals surface area contributed by atoms with Crippen molar-refractivity contribution < 1.29 is 9.90 Å². The Morgan fingerprint density at radius 3 is 2.76 bits per heavy atom. The highest BCUT2D eigenvalue weighted by atomic mass is 16.4. The van der Waals surface area contributed by atoms with Crippen molar-refractivity contribution in [2.24, 2.45) is 5.41 Å². The lowest BCUT2D eigenvalue weighted by Gasteiger charge is -2.25. The molecule has 0 bridgehead atoms. The molecule has 0 aliphatic carbocycles.